The summed E-state index contributed by atoms with van der Waals surface area (Å²) in [5.74, 6) is -0.119. The van der Waals surface area contributed by atoms with Crippen molar-refractivity contribution < 1.29 is 9.90 Å². The Kier molecular flexibility index (Phi) is 5.98. The van der Waals surface area contributed by atoms with Crippen molar-refractivity contribution in [2.24, 2.45) is 5.10 Å². The average Bonchev–Trinajstić information content (AvgIpc) is 2.93. The van der Waals surface area contributed by atoms with E-state index in [2.05, 4.69) is 58.3 Å². The Labute approximate surface area is 150 Å². The zero-order chi connectivity index (χ0) is 15.4. The molecule has 0 saturated heterocycles. The van der Waals surface area contributed by atoms with Crippen molar-refractivity contribution in [3.05, 3.63) is 47.4 Å². The van der Waals surface area contributed by atoms with Gasteiger partial charge in [0.15, 0.2) is 0 Å². The second-order valence-corrected chi connectivity index (χ2v) is 7.50. The summed E-state index contributed by atoms with van der Waals surface area (Å²) in [5.41, 5.74) is 3.09. The molecular formula is C13H9Br3N2O2S. The van der Waals surface area contributed by atoms with Crippen molar-refractivity contribution in [3.8, 4) is 5.75 Å². The van der Waals surface area contributed by atoms with Crippen LogP contribution in [0.15, 0.2) is 42.1 Å². The molecule has 8 heteroatoms. The maximum atomic E-state index is 11.7. The molecule has 1 amide bonds. The van der Waals surface area contributed by atoms with Crippen LogP contribution in [-0.2, 0) is 11.2 Å². The first-order valence-electron chi connectivity index (χ1n) is 5.69. The molecule has 1 heterocycles. The predicted octanol–water partition coefficient (Wildman–Crippen LogP) is 4.43. The van der Waals surface area contributed by atoms with Crippen LogP contribution in [0, 0.1) is 0 Å². The van der Waals surface area contributed by atoms with Gasteiger partial charge in [0.1, 0.15) is 5.75 Å². The highest BCUT2D eigenvalue weighted by Gasteiger charge is 2.12. The minimum atomic E-state index is -0.192. The van der Waals surface area contributed by atoms with Gasteiger partial charge in [0.05, 0.1) is 21.6 Å². The van der Waals surface area contributed by atoms with Gasteiger partial charge in [-0.05, 0) is 49.4 Å². The van der Waals surface area contributed by atoms with E-state index in [1.165, 1.54) is 17.6 Å². The zero-order valence-electron chi connectivity index (χ0n) is 10.4. The molecule has 0 saturated carbocycles. The Hall–Kier alpha value is -0.700. The van der Waals surface area contributed by atoms with E-state index in [1.54, 1.807) is 6.07 Å². The van der Waals surface area contributed by atoms with Gasteiger partial charge < -0.3 is 5.11 Å². The maximum absolute atomic E-state index is 11.7. The standard InChI is InChI=1S/C13H9Br3N2O2S/c14-9-5-10(15)13(20)12(16)8(9)6-17-18-11(19)4-7-2-1-3-21-7/h1-3,5-6,20H,4H2,(H,18,19)/b17-6-. The van der Waals surface area contributed by atoms with E-state index >= 15 is 0 Å². The Morgan fingerprint density at radius 3 is 2.81 bits per heavy atom. The van der Waals surface area contributed by atoms with Crippen LogP contribution in [0.25, 0.3) is 0 Å². The van der Waals surface area contributed by atoms with Crippen LogP contribution in [0.3, 0.4) is 0 Å². The quantitative estimate of drug-likeness (QED) is 0.486. The summed E-state index contributed by atoms with van der Waals surface area (Å²) in [6, 6.07) is 5.50. The summed E-state index contributed by atoms with van der Waals surface area (Å²) >= 11 is 11.4. The molecule has 0 aliphatic heterocycles. The molecule has 0 unspecified atom stereocenters. The number of nitrogens with one attached hydrogen (secondary N) is 1. The van der Waals surface area contributed by atoms with Crippen LogP contribution < -0.4 is 5.43 Å². The SMILES string of the molecule is O=C(Cc1cccs1)N/N=C\c1c(Br)cc(Br)c(O)c1Br. The van der Waals surface area contributed by atoms with E-state index in [9.17, 15) is 9.90 Å². The van der Waals surface area contributed by atoms with Gasteiger partial charge in [-0.25, -0.2) is 5.43 Å². The first-order chi connectivity index (χ1) is 9.99. The van der Waals surface area contributed by atoms with Crippen LogP contribution in [0.4, 0.5) is 0 Å². The molecule has 110 valence electrons. The molecule has 0 bridgehead atoms. The van der Waals surface area contributed by atoms with Gasteiger partial charge in [0, 0.05) is 14.9 Å². The number of rotatable bonds is 4. The fourth-order valence-electron chi connectivity index (χ4n) is 1.49. The zero-order valence-corrected chi connectivity index (χ0v) is 16.0. The number of benzene rings is 1. The van der Waals surface area contributed by atoms with E-state index in [-0.39, 0.29) is 11.7 Å². The molecule has 1 aromatic carbocycles. The van der Waals surface area contributed by atoms with Gasteiger partial charge in [-0.15, -0.1) is 11.3 Å². The number of hydrogen-bond donors (Lipinski definition) is 2. The number of thiophene rings is 1. The van der Waals surface area contributed by atoms with E-state index in [4.69, 9.17) is 0 Å². The average molecular weight is 497 g/mol. The first-order valence-corrected chi connectivity index (χ1v) is 8.95. The summed E-state index contributed by atoms with van der Waals surface area (Å²) in [6.45, 7) is 0. The minimum absolute atomic E-state index is 0.0737. The number of phenolic OH excluding ortho intramolecular Hbond substituents is 1. The Bertz CT molecular complexity index is 687. The number of aromatic hydroxyl groups is 1. The Morgan fingerprint density at radius 2 is 2.14 bits per heavy atom. The molecule has 0 aliphatic rings. The summed E-state index contributed by atoms with van der Waals surface area (Å²) < 4.78 is 1.77. The summed E-state index contributed by atoms with van der Waals surface area (Å²) in [6.07, 6.45) is 1.76. The number of amides is 1. The largest absolute Gasteiger partial charge is 0.506 e. The monoisotopic (exact) mass is 494 g/mol. The van der Waals surface area contributed by atoms with Crippen molar-refractivity contribution in [1.82, 2.24) is 5.43 Å². The summed E-state index contributed by atoms with van der Waals surface area (Å²) in [4.78, 5) is 12.7. The Morgan fingerprint density at radius 1 is 1.38 bits per heavy atom. The molecule has 4 nitrogen and oxygen atoms in total. The molecule has 0 fully saturated rings. The maximum Gasteiger partial charge on any atom is 0.245 e. The van der Waals surface area contributed by atoms with Crippen LogP contribution in [0.1, 0.15) is 10.4 Å². The fourth-order valence-corrected chi connectivity index (χ4v) is 4.52. The number of carbonyl (C=O) groups excluding carboxylic acids is 1. The lowest BCUT2D eigenvalue weighted by atomic mass is 10.2. The molecule has 1 aromatic heterocycles. The molecule has 2 rings (SSSR count). The van der Waals surface area contributed by atoms with Crippen molar-refractivity contribution >= 4 is 71.2 Å². The highest BCUT2D eigenvalue weighted by atomic mass is 79.9. The lowest BCUT2D eigenvalue weighted by Crippen LogP contribution is -2.19. The number of hydrazone groups is 1. The molecular weight excluding hydrogens is 488 g/mol. The van der Waals surface area contributed by atoms with Crippen molar-refractivity contribution in [1.29, 1.82) is 0 Å². The summed E-state index contributed by atoms with van der Waals surface area (Å²) in [5, 5.41) is 15.7. The third-order valence-electron chi connectivity index (χ3n) is 2.48. The van der Waals surface area contributed by atoms with Gasteiger partial charge >= 0.3 is 0 Å². The lowest BCUT2D eigenvalue weighted by molar-refractivity contribution is -0.120. The van der Waals surface area contributed by atoms with Crippen molar-refractivity contribution in [2.75, 3.05) is 0 Å². The fraction of sp³-hybridized carbons (Fsp3) is 0.0769. The van der Waals surface area contributed by atoms with Gasteiger partial charge in [-0.2, -0.15) is 5.10 Å². The minimum Gasteiger partial charge on any atom is -0.506 e. The van der Waals surface area contributed by atoms with Crippen LogP contribution >= 0.6 is 59.1 Å². The van der Waals surface area contributed by atoms with Crippen LogP contribution in [-0.4, -0.2) is 17.2 Å². The van der Waals surface area contributed by atoms with Crippen molar-refractivity contribution in [3.63, 3.8) is 0 Å². The van der Waals surface area contributed by atoms with E-state index in [0.29, 0.717) is 20.9 Å². The predicted molar refractivity (Wildman–Crippen MR) is 95.0 cm³/mol. The normalized spacial score (nSPS) is 11.0. The molecule has 2 aromatic rings. The third-order valence-corrected chi connectivity index (χ3v) is 5.42. The second-order valence-electron chi connectivity index (χ2n) is 3.97. The van der Waals surface area contributed by atoms with Gasteiger partial charge in [0.25, 0.3) is 0 Å². The van der Waals surface area contributed by atoms with Crippen LogP contribution in [0.2, 0.25) is 0 Å². The number of hydrogen-bond acceptors (Lipinski definition) is 4. The first kappa shape index (κ1) is 16.7. The van der Waals surface area contributed by atoms with Gasteiger partial charge in [0.2, 0.25) is 5.91 Å². The van der Waals surface area contributed by atoms with Crippen LogP contribution in [0.5, 0.6) is 5.75 Å². The highest BCUT2D eigenvalue weighted by Crippen LogP contribution is 2.38. The third kappa shape index (κ3) is 4.38. The van der Waals surface area contributed by atoms with E-state index < -0.39 is 0 Å². The Balaban J connectivity index is 2.05. The number of halogens is 3. The molecule has 0 atom stereocenters. The number of phenols is 1. The second kappa shape index (κ2) is 7.53. The number of nitrogens with zero attached hydrogens (tertiary/aromatic N) is 1. The van der Waals surface area contributed by atoms with Crippen molar-refractivity contribution in [2.45, 2.75) is 6.42 Å². The smallest absolute Gasteiger partial charge is 0.245 e. The molecule has 0 spiro atoms. The topological polar surface area (TPSA) is 61.7 Å². The van der Waals surface area contributed by atoms with E-state index in [1.807, 2.05) is 17.5 Å². The van der Waals surface area contributed by atoms with E-state index in [0.717, 1.165) is 9.35 Å². The highest BCUT2D eigenvalue weighted by molar-refractivity contribution is 9.11. The molecule has 2 N–H and O–H groups in total. The summed E-state index contributed by atoms with van der Waals surface area (Å²) in [7, 11) is 0. The van der Waals surface area contributed by atoms with Gasteiger partial charge in [-0.3, -0.25) is 4.79 Å². The lowest BCUT2D eigenvalue weighted by Gasteiger charge is -2.06. The number of carbonyl (C=O) groups is 1. The molecule has 21 heavy (non-hydrogen) atoms. The molecule has 0 radical (unpaired) electrons. The molecule has 0 aliphatic carbocycles. The van der Waals surface area contributed by atoms with Gasteiger partial charge in [-0.1, -0.05) is 22.0 Å².